The van der Waals surface area contributed by atoms with Crippen molar-refractivity contribution in [2.75, 3.05) is 13.7 Å². The highest BCUT2D eigenvalue weighted by Crippen LogP contribution is 2.21. The molecule has 7 heteroatoms. The van der Waals surface area contributed by atoms with Gasteiger partial charge in [-0.25, -0.2) is 0 Å². The van der Waals surface area contributed by atoms with Gasteiger partial charge < -0.3 is 10.5 Å². The number of aryl methyl sites for hydroxylation is 1. The predicted octanol–water partition coefficient (Wildman–Crippen LogP) is 0.784. The fourth-order valence-electron chi connectivity index (χ4n) is 1.41. The smallest absolute Gasteiger partial charge is 0.234 e. The predicted molar refractivity (Wildman–Crippen MR) is 61.5 cm³/mol. The van der Waals surface area contributed by atoms with Crippen molar-refractivity contribution in [3.63, 3.8) is 0 Å². The molecule has 1 atom stereocenters. The van der Waals surface area contributed by atoms with Crippen LogP contribution in [-0.4, -0.2) is 33.5 Å². The summed E-state index contributed by atoms with van der Waals surface area (Å²) in [7, 11) is 1.67. The van der Waals surface area contributed by atoms with E-state index in [0.717, 1.165) is 28.6 Å². The number of nitrogens with zero attached hydrogens (tertiary/aromatic N) is 4. The highest BCUT2D eigenvalue weighted by Gasteiger charge is 2.15. The van der Waals surface area contributed by atoms with Crippen molar-refractivity contribution in [3.05, 3.63) is 10.8 Å². The van der Waals surface area contributed by atoms with Crippen molar-refractivity contribution in [3.8, 4) is 0 Å². The molecule has 2 aromatic rings. The molecule has 2 N–H and O–H groups in total. The molecule has 2 heterocycles. The van der Waals surface area contributed by atoms with E-state index in [-0.39, 0.29) is 6.04 Å². The van der Waals surface area contributed by atoms with Crippen molar-refractivity contribution in [1.29, 1.82) is 0 Å². The molecular formula is C9H15N5OS. The second kappa shape index (κ2) is 4.86. The lowest BCUT2D eigenvalue weighted by atomic mass is 10.2. The number of methoxy groups -OCH3 is 1. The Bertz CT molecular complexity index is 465. The zero-order chi connectivity index (χ0) is 11.5. The molecule has 0 saturated heterocycles. The minimum Gasteiger partial charge on any atom is -0.385 e. The van der Waals surface area contributed by atoms with E-state index in [4.69, 9.17) is 10.5 Å². The van der Waals surface area contributed by atoms with Crippen LogP contribution in [0.1, 0.15) is 30.2 Å². The maximum absolute atomic E-state index is 6.00. The second-order valence-electron chi connectivity index (χ2n) is 3.49. The molecule has 1 unspecified atom stereocenters. The van der Waals surface area contributed by atoms with Crippen LogP contribution in [0.2, 0.25) is 0 Å². The van der Waals surface area contributed by atoms with Gasteiger partial charge in [0.25, 0.3) is 0 Å². The van der Waals surface area contributed by atoms with Crippen molar-refractivity contribution in [2.24, 2.45) is 5.73 Å². The van der Waals surface area contributed by atoms with Crippen molar-refractivity contribution in [2.45, 2.75) is 25.8 Å². The van der Waals surface area contributed by atoms with Crippen molar-refractivity contribution >= 4 is 16.3 Å². The first kappa shape index (κ1) is 11.4. The molecule has 0 aliphatic rings. The van der Waals surface area contributed by atoms with E-state index >= 15 is 0 Å². The van der Waals surface area contributed by atoms with Gasteiger partial charge in [-0.15, -0.1) is 10.2 Å². The number of ether oxygens (including phenoxy) is 1. The molecule has 2 rings (SSSR count). The van der Waals surface area contributed by atoms with E-state index < -0.39 is 0 Å². The average Bonchev–Trinajstić information content (AvgIpc) is 2.84. The number of nitrogens with two attached hydrogens (primary N) is 1. The van der Waals surface area contributed by atoms with Crippen LogP contribution in [0.15, 0.2) is 0 Å². The fraction of sp³-hybridized carbons (Fsp3) is 0.667. The van der Waals surface area contributed by atoms with Crippen LogP contribution in [-0.2, 0) is 11.2 Å². The Morgan fingerprint density at radius 3 is 3.00 bits per heavy atom. The molecule has 0 saturated carbocycles. The lowest BCUT2D eigenvalue weighted by Crippen LogP contribution is -2.13. The molecule has 6 nitrogen and oxygen atoms in total. The summed E-state index contributed by atoms with van der Waals surface area (Å²) in [5.74, 6) is 0.872. The van der Waals surface area contributed by atoms with Gasteiger partial charge in [0, 0.05) is 20.1 Å². The number of rotatable bonds is 5. The first-order valence-electron chi connectivity index (χ1n) is 5.21. The lowest BCUT2D eigenvalue weighted by Gasteiger charge is -2.05. The van der Waals surface area contributed by atoms with Gasteiger partial charge >= 0.3 is 0 Å². The fourth-order valence-corrected chi connectivity index (χ4v) is 2.30. The van der Waals surface area contributed by atoms with Crippen molar-refractivity contribution < 1.29 is 4.74 Å². The third-order valence-electron chi connectivity index (χ3n) is 2.34. The minimum atomic E-state index is -0.0867. The molecule has 0 aliphatic heterocycles. The maximum Gasteiger partial charge on any atom is 0.234 e. The SMILES string of the molecule is CCc1nnc2sc(C(N)CCOC)nn12. The third-order valence-corrected chi connectivity index (χ3v) is 3.37. The molecule has 0 radical (unpaired) electrons. The van der Waals surface area contributed by atoms with E-state index in [1.807, 2.05) is 6.92 Å². The Morgan fingerprint density at radius 1 is 1.50 bits per heavy atom. The van der Waals surface area contributed by atoms with Gasteiger partial charge in [0.15, 0.2) is 5.82 Å². The summed E-state index contributed by atoms with van der Waals surface area (Å²) in [6.45, 7) is 2.67. The van der Waals surface area contributed by atoms with E-state index in [2.05, 4.69) is 15.3 Å². The summed E-state index contributed by atoms with van der Waals surface area (Å²) >= 11 is 1.49. The second-order valence-corrected chi connectivity index (χ2v) is 4.48. The maximum atomic E-state index is 6.00. The highest BCUT2D eigenvalue weighted by atomic mass is 32.1. The van der Waals surface area contributed by atoms with Crippen LogP contribution < -0.4 is 5.73 Å². The van der Waals surface area contributed by atoms with Gasteiger partial charge in [-0.05, 0) is 6.42 Å². The van der Waals surface area contributed by atoms with Crippen LogP contribution in [0.4, 0.5) is 0 Å². The van der Waals surface area contributed by atoms with E-state index in [0.29, 0.717) is 6.61 Å². The Balaban J connectivity index is 2.22. The van der Waals surface area contributed by atoms with Crippen LogP contribution in [0.3, 0.4) is 0 Å². The van der Waals surface area contributed by atoms with E-state index in [1.54, 1.807) is 11.6 Å². The zero-order valence-corrected chi connectivity index (χ0v) is 10.2. The van der Waals surface area contributed by atoms with E-state index in [1.165, 1.54) is 11.3 Å². The molecule has 88 valence electrons. The van der Waals surface area contributed by atoms with Gasteiger partial charge in [0.05, 0.1) is 6.04 Å². The Hall–Kier alpha value is -1.05. The summed E-state index contributed by atoms with van der Waals surface area (Å²) in [5, 5.41) is 13.4. The zero-order valence-electron chi connectivity index (χ0n) is 9.38. The van der Waals surface area contributed by atoms with Gasteiger partial charge in [-0.1, -0.05) is 18.3 Å². The highest BCUT2D eigenvalue weighted by molar-refractivity contribution is 7.16. The van der Waals surface area contributed by atoms with Gasteiger partial charge in [0.2, 0.25) is 4.96 Å². The summed E-state index contributed by atoms with van der Waals surface area (Å²) in [6.07, 6.45) is 1.58. The van der Waals surface area contributed by atoms with Crippen LogP contribution in [0.5, 0.6) is 0 Å². The minimum absolute atomic E-state index is 0.0867. The summed E-state index contributed by atoms with van der Waals surface area (Å²) < 4.78 is 6.77. The topological polar surface area (TPSA) is 78.3 Å². The van der Waals surface area contributed by atoms with Gasteiger partial charge in [-0.2, -0.15) is 9.61 Å². The summed E-state index contributed by atoms with van der Waals surface area (Å²) in [4.78, 5) is 0.805. The quantitative estimate of drug-likeness (QED) is 0.837. The number of aromatic nitrogens is 4. The molecular weight excluding hydrogens is 226 g/mol. The Labute approximate surface area is 97.4 Å². The largest absolute Gasteiger partial charge is 0.385 e. The van der Waals surface area contributed by atoms with Crippen LogP contribution in [0.25, 0.3) is 4.96 Å². The first-order valence-corrected chi connectivity index (χ1v) is 6.03. The summed E-state index contributed by atoms with van der Waals surface area (Å²) in [6, 6.07) is -0.0867. The molecule has 0 fully saturated rings. The molecule has 0 aliphatic carbocycles. The molecule has 0 bridgehead atoms. The monoisotopic (exact) mass is 241 g/mol. The van der Waals surface area contributed by atoms with E-state index in [9.17, 15) is 0 Å². The standard InChI is InChI=1S/C9H15N5OS/c1-3-7-11-12-9-14(7)13-8(16-9)6(10)4-5-15-2/h6H,3-5,10H2,1-2H3. The third kappa shape index (κ3) is 2.06. The summed E-state index contributed by atoms with van der Waals surface area (Å²) in [5.41, 5.74) is 6.00. The molecule has 0 aromatic carbocycles. The Kier molecular flexibility index (Phi) is 3.47. The van der Waals surface area contributed by atoms with Gasteiger partial charge in [0.1, 0.15) is 5.01 Å². The molecule has 0 amide bonds. The normalized spacial score (nSPS) is 13.4. The number of hydrogen-bond donors (Lipinski definition) is 1. The number of fused-ring (bicyclic) bond motifs is 1. The van der Waals surface area contributed by atoms with Crippen LogP contribution >= 0.6 is 11.3 Å². The first-order chi connectivity index (χ1) is 7.76. The number of hydrogen-bond acceptors (Lipinski definition) is 6. The van der Waals surface area contributed by atoms with Gasteiger partial charge in [-0.3, -0.25) is 0 Å². The molecule has 0 spiro atoms. The van der Waals surface area contributed by atoms with Crippen molar-refractivity contribution in [1.82, 2.24) is 19.8 Å². The molecule has 2 aromatic heterocycles. The van der Waals surface area contributed by atoms with Crippen LogP contribution in [0, 0.1) is 0 Å². The average molecular weight is 241 g/mol. The lowest BCUT2D eigenvalue weighted by molar-refractivity contribution is 0.188. The Morgan fingerprint density at radius 2 is 2.31 bits per heavy atom. The molecule has 16 heavy (non-hydrogen) atoms.